The largest absolute Gasteiger partial charge is 0.380 e. The van der Waals surface area contributed by atoms with E-state index in [9.17, 15) is 0 Å². The third-order valence-corrected chi connectivity index (χ3v) is 3.71. The molecule has 2 saturated heterocycles. The molecule has 0 aromatic rings. The zero-order chi connectivity index (χ0) is 11.8. The van der Waals surface area contributed by atoms with Gasteiger partial charge >= 0.3 is 0 Å². The van der Waals surface area contributed by atoms with Gasteiger partial charge in [-0.1, -0.05) is 12.2 Å². The standard InChI is InChI=1S/C13H23NO2/c1-10(2)16-9-13-5-11(3)7-14(13)8-12(6-13)15-4/h10,12H,3,5-9H2,1-2,4H3/t12-,13-/m1/s1. The van der Waals surface area contributed by atoms with Gasteiger partial charge in [-0.3, -0.25) is 4.90 Å². The summed E-state index contributed by atoms with van der Waals surface area (Å²) in [4.78, 5) is 2.49. The Hall–Kier alpha value is -0.380. The number of rotatable bonds is 4. The van der Waals surface area contributed by atoms with Crippen molar-refractivity contribution in [2.45, 2.75) is 44.4 Å². The van der Waals surface area contributed by atoms with Gasteiger partial charge in [0.15, 0.2) is 0 Å². The monoisotopic (exact) mass is 225 g/mol. The van der Waals surface area contributed by atoms with Crippen LogP contribution in [0.1, 0.15) is 26.7 Å². The van der Waals surface area contributed by atoms with E-state index in [4.69, 9.17) is 9.47 Å². The fourth-order valence-electron chi connectivity index (χ4n) is 2.95. The quantitative estimate of drug-likeness (QED) is 0.681. The molecule has 0 bridgehead atoms. The molecule has 0 unspecified atom stereocenters. The summed E-state index contributed by atoms with van der Waals surface area (Å²) in [5.41, 5.74) is 1.50. The number of methoxy groups -OCH3 is 1. The van der Waals surface area contributed by atoms with E-state index < -0.39 is 0 Å². The molecule has 2 fully saturated rings. The normalized spacial score (nSPS) is 35.0. The lowest BCUT2D eigenvalue weighted by atomic mass is 9.93. The molecule has 0 spiro atoms. The molecular weight excluding hydrogens is 202 g/mol. The van der Waals surface area contributed by atoms with E-state index in [0.717, 1.165) is 32.5 Å². The average Bonchev–Trinajstić information content (AvgIpc) is 2.67. The first-order valence-corrected chi connectivity index (χ1v) is 6.12. The van der Waals surface area contributed by atoms with Crippen LogP contribution in [0, 0.1) is 0 Å². The molecule has 0 amide bonds. The van der Waals surface area contributed by atoms with Gasteiger partial charge < -0.3 is 9.47 Å². The van der Waals surface area contributed by atoms with Crippen LogP contribution in [-0.2, 0) is 9.47 Å². The Labute approximate surface area is 98.4 Å². The Morgan fingerprint density at radius 3 is 2.94 bits per heavy atom. The Kier molecular flexibility index (Phi) is 3.38. The number of ether oxygens (including phenoxy) is 2. The smallest absolute Gasteiger partial charge is 0.0717 e. The fraction of sp³-hybridized carbons (Fsp3) is 0.846. The molecule has 3 nitrogen and oxygen atoms in total. The van der Waals surface area contributed by atoms with Crippen molar-refractivity contribution >= 4 is 0 Å². The van der Waals surface area contributed by atoms with Crippen molar-refractivity contribution in [1.82, 2.24) is 4.90 Å². The van der Waals surface area contributed by atoms with Crippen LogP contribution in [0.5, 0.6) is 0 Å². The Morgan fingerprint density at radius 1 is 1.56 bits per heavy atom. The van der Waals surface area contributed by atoms with Crippen molar-refractivity contribution in [3.05, 3.63) is 12.2 Å². The summed E-state index contributed by atoms with van der Waals surface area (Å²) in [6, 6.07) is 0. The number of hydrogen-bond donors (Lipinski definition) is 0. The Balaban J connectivity index is 2.05. The molecule has 0 aromatic heterocycles. The maximum atomic E-state index is 5.83. The van der Waals surface area contributed by atoms with Crippen molar-refractivity contribution in [3.8, 4) is 0 Å². The first-order valence-electron chi connectivity index (χ1n) is 6.12. The predicted molar refractivity (Wildman–Crippen MR) is 64.6 cm³/mol. The first kappa shape index (κ1) is 12.1. The van der Waals surface area contributed by atoms with Crippen LogP contribution in [0.2, 0.25) is 0 Å². The molecule has 3 heteroatoms. The average molecular weight is 225 g/mol. The summed E-state index contributed by atoms with van der Waals surface area (Å²) in [5.74, 6) is 0. The van der Waals surface area contributed by atoms with Gasteiger partial charge in [-0.05, 0) is 26.7 Å². The van der Waals surface area contributed by atoms with Crippen LogP contribution in [-0.4, -0.2) is 49.5 Å². The molecule has 2 aliphatic rings. The van der Waals surface area contributed by atoms with Crippen molar-refractivity contribution < 1.29 is 9.47 Å². The van der Waals surface area contributed by atoms with Crippen LogP contribution >= 0.6 is 0 Å². The van der Waals surface area contributed by atoms with Crippen LogP contribution in [0.4, 0.5) is 0 Å². The maximum Gasteiger partial charge on any atom is 0.0717 e. The third kappa shape index (κ3) is 2.17. The number of fused-ring (bicyclic) bond motifs is 1. The SMILES string of the molecule is C=C1CN2C[C@H](OC)C[C@@]2(COC(C)C)C1. The molecule has 0 N–H and O–H groups in total. The highest BCUT2D eigenvalue weighted by Crippen LogP contribution is 2.41. The highest BCUT2D eigenvalue weighted by atomic mass is 16.5. The van der Waals surface area contributed by atoms with Crippen LogP contribution < -0.4 is 0 Å². The molecule has 2 rings (SSSR count). The Morgan fingerprint density at radius 2 is 2.31 bits per heavy atom. The molecule has 16 heavy (non-hydrogen) atoms. The zero-order valence-electron chi connectivity index (χ0n) is 10.7. The highest BCUT2D eigenvalue weighted by molar-refractivity contribution is 5.19. The molecule has 0 radical (unpaired) electrons. The van der Waals surface area contributed by atoms with E-state index in [-0.39, 0.29) is 5.54 Å². The van der Waals surface area contributed by atoms with E-state index >= 15 is 0 Å². The summed E-state index contributed by atoms with van der Waals surface area (Å²) in [5, 5.41) is 0. The van der Waals surface area contributed by atoms with E-state index in [1.165, 1.54) is 5.57 Å². The fourth-order valence-corrected chi connectivity index (χ4v) is 2.95. The second-order valence-corrected chi connectivity index (χ2v) is 5.45. The van der Waals surface area contributed by atoms with E-state index in [0.29, 0.717) is 12.2 Å². The molecule has 0 aromatic carbocycles. The topological polar surface area (TPSA) is 21.7 Å². The minimum atomic E-state index is 0.169. The van der Waals surface area contributed by atoms with Gasteiger partial charge in [0.25, 0.3) is 0 Å². The van der Waals surface area contributed by atoms with Crippen molar-refractivity contribution in [2.24, 2.45) is 0 Å². The van der Waals surface area contributed by atoms with Crippen LogP contribution in [0.3, 0.4) is 0 Å². The van der Waals surface area contributed by atoms with Gasteiger partial charge in [0, 0.05) is 20.2 Å². The second kappa shape index (κ2) is 4.47. The third-order valence-electron chi connectivity index (χ3n) is 3.71. The zero-order valence-corrected chi connectivity index (χ0v) is 10.7. The molecule has 2 aliphatic heterocycles. The highest BCUT2D eigenvalue weighted by Gasteiger charge is 2.50. The number of nitrogens with zero attached hydrogens (tertiary/aromatic N) is 1. The number of hydrogen-bond acceptors (Lipinski definition) is 3. The van der Waals surface area contributed by atoms with Gasteiger partial charge in [-0.2, -0.15) is 0 Å². The van der Waals surface area contributed by atoms with Crippen LogP contribution in [0.25, 0.3) is 0 Å². The molecule has 2 heterocycles. The lowest BCUT2D eigenvalue weighted by molar-refractivity contribution is 0.00209. The van der Waals surface area contributed by atoms with Gasteiger partial charge in [0.1, 0.15) is 0 Å². The Bertz CT molecular complexity index is 277. The van der Waals surface area contributed by atoms with E-state index in [1.807, 2.05) is 0 Å². The van der Waals surface area contributed by atoms with Gasteiger partial charge in [-0.15, -0.1) is 0 Å². The van der Waals surface area contributed by atoms with E-state index in [1.54, 1.807) is 7.11 Å². The van der Waals surface area contributed by atoms with Crippen molar-refractivity contribution in [3.63, 3.8) is 0 Å². The lowest BCUT2D eigenvalue weighted by Gasteiger charge is -2.31. The maximum absolute atomic E-state index is 5.83. The molecule has 0 aliphatic carbocycles. The van der Waals surface area contributed by atoms with Crippen molar-refractivity contribution in [2.75, 3.05) is 26.8 Å². The summed E-state index contributed by atoms with van der Waals surface area (Å²) in [6.45, 7) is 11.2. The van der Waals surface area contributed by atoms with E-state index in [2.05, 4.69) is 25.3 Å². The molecule has 92 valence electrons. The first-order chi connectivity index (χ1) is 7.55. The summed E-state index contributed by atoms with van der Waals surface area (Å²) in [6.07, 6.45) is 2.81. The summed E-state index contributed by atoms with van der Waals surface area (Å²) < 4.78 is 11.3. The lowest BCUT2D eigenvalue weighted by Crippen LogP contribution is -2.43. The molecule has 0 saturated carbocycles. The van der Waals surface area contributed by atoms with Gasteiger partial charge in [-0.25, -0.2) is 0 Å². The second-order valence-electron chi connectivity index (χ2n) is 5.45. The minimum absolute atomic E-state index is 0.169. The minimum Gasteiger partial charge on any atom is -0.380 e. The molecule has 2 atom stereocenters. The van der Waals surface area contributed by atoms with Gasteiger partial charge in [0.2, 0.25) is 0 Å². The van der Waals surface area contributed by atoms with Crippen LogP contribution in [0.15, 0.2) is 12.2 Å². The van der Waals surface area contributed by atoms with Gasteiger partial charge in [0.05, 0.1) is 24.4 Å². The van der Waals surface area contributed by atoms with Crippen molar-refractivity contribution in [1.29, 1.82) is 0 Å². The predicted octanol–water partition coefficient (Wildman–Crippen LogP) is 1.83. The summed E-state index contributed by atoms with van der Waals surface area (Å²) in [7, 11) is 1.80. The summed E-state index contributed by atoms with van der Waals surface area (Å²) >= 11 is 0. The molecular formula is C13H23NO2.